The Kier molecular flexibility index (Phi) is 4.28. The number of likely N-dealkylation sites (tertiary alicyclic amines) is 1. The molecule has 104 valence electrons. The molecule has 0 bridgehead atoms. The number of rotatable bonds is 4. The Morgan fingerprint density at radius 2 is 2.06 bits per heavy atom. The van der Waals surface area contributed by atoms with E-state index in [1.54, 1.807) is 0 Å². The Hall–Kier alpha value is -0.610. The first-order chi connectivity index (χ1) is 8.52. The maximum absolute atomic E-state index is 10.8. The van der Waals surface area contributed by atoms with Gasteiger partial charge < -0.3 is 14.7 Å². The van der Waals surface area contributed by atoms with Crippen molar-refractivity contribution in [1.29, 1.82) is 0 Å². The summed E-state index contributed by atoms with van der Waals surface area (Å²) in [5, 5.41) is 8.90. The average Bonchev–Trinajstić information content (AvgIpc) is 2.81. The molecule has 0 aromatic rings. The zero-order valence-corrected chi connectivity index (χ0v) is 11.5. The highest BCUT2D eigenvalue weighted by molar-refractivity contribution is 5.72. The molecular weight excluding hydrogens is 230 g/mol. The summed E-state index contributed by atoms with van der Waals surface area (Å²) in [7, 11) is 0. The molecule has 2 fully saturated rings. The minimum absolute atomic E-state index is 0.122. The lowest BCUT2D eigenvalue weighted by Crippen LogP contribution is -2.42. The molecule has 4 nitrogen and oxygen atoms in total. The molecule has 2 atom stereocenters. The van der Waals surface area contributed by atoms with Crippen molar-refractivity contribution in [3.8, 4) is 0 Å². The largest absolute Gasteiger partial charge is 0.479 e. The van der Waals surface area contributed by atoms with Crippen molar-refractivity contribution in [2.75, 3.05) is 19.6 Å². The van der Waals surface area contributed by atoms with Gasteiger partial charge in [0, 0.05) is 6.54 Å². The molecular formula is C14H25NO3. The molecule has 2 aliphatic heterocycles. The lowest BCUT2D eigenvalue weighted by molar-refractivity contribution is -0.149. The highest BCUT2D eigenvalue weighted by atomic mass is 16.5. The lowest BCUT2D eigenvalue weighted by atomic mass is 9.78. The third kappa shape index (κ3) is 3.23. The third-order valence-corrected chi connectivity index (χ3v) is 4.76. The van der Waals surface area contributed by atoms with E-state index in [1.807, 2.05) is 0 Å². The van der Waals surface area contributed by atoms with Crippen LogP contribution < -0.4 is 0 Å². The zero-order valence-electron chi connectivity index (χ0n) is 11.5. The predicted molar refractivity (Wildman–Crippen MR) is 69.6 cm³/mol. The van der Waals surface area contributed by atoms with Crippen LogP contribution in [0.5, 0.6) is 0 Å². The Morgan fingerprint density at radius 3 is 2.56 bits per heavy atom. The van der Waals surface area contributed by atoms with Crippen molar-refractivity contribution in [1.82, 2.24) is 4.90 Å². The molecule has 0 aliphatic carbocycles. The van der Waals surface area contributed by atoms with Crippen molar-refractivity contribution in [2.24, 2.45) is 5.41 Å². The van der Waals surface area contributed by atoms with Gasteiger partial charge in [-0.3, -0.25) is 0 Å². The van der Waals surface area contributed by atoms with E-state index in [4.69, 9.17) is 9.84 Å². The maximum Gasteiger partial charge on any atom is 0.332 e. The van der Waals surface area contributed by atoms with Crippen LogP contribution in [0.25, 0.3) is 0 Å². The number of nitrogens with zero attached hydrogens (tertiary/aromatic N) is 1. The molecule has 0 unspecified atom stereocenters. The Morgan fingerprint density at radius 1 is 1.39 bits per heavy atom. The van der Waals surface area contributed by atoms with Gasteiger partial charge in [-0.25, -0.2) is 4.79 Å². The number of hydrogen-bond acceptors (Lipinski definition) is 3. The normalized spacial score (nSPS) is 32.6. The predicted octanol–water partition coefficient (Wildman–Crippen LogP) is 2.13. The smallest absolute Gasteiger partial charge is 0.332 e. The van der Waals surface area contributed by atoms with Crippen LogP contribution in [0.15, 0.2) is 0 Å². The quantitative estimate of drug-likeness (QED) is 0.836. The summed E-state index contributed by atoms with van der Waals surface area (Å²) in [5.74, 6) is -0.810. The van der Waals surface area contributed by atoms with Gasteiger partial charge in [-0.05, 0) is 44.2 Å². The summed E-state index contributed by atoms with van der Waals surface area (Å²) in [6, 6.07) is 0. The summed E-state index contributed by atoms with van der Waals surface area (Å²) < 4.78 is 5.56. The number of ether oxygens (including phenoxy) is 1. The Balaban J connectivity index is 1.74. The molecule has 18 heavy (non-hydrogen) atoms. The highest BCUT2D eigenvalue weighted by Crippen LogP contribution is 2.34. The summed E-state index contributed by atoms with van der Waals surface area (Å²) in [4.78, 5) is 13.3. The molecule has 0 saturated carbocycles. The standard InChI is InChI=1S/C14H25NO3/c1-3-14(2)6-8-15(9-7-14)10-11-4-5-12(18-11)13(16)17/h11-12H,3-10H2,1-2H3,(H,16,17)/t11-,12+/m0/s1. The van der Waals surface area contributed by atoms with Gasteiger partial charge in [-0.2, -0.15) is 0 Å². The van der Waals surface area contributed by atoms with Crippen molar-refractivity contribution in [3.63, 3.8) is 0 Å². The van der Waals surface area contributed by atoms with E-state index in [-0.39, 0.29) is 6.10 Å². The van der Waals surface area contributed by atoms with Gasteiger partial charge in [0.1, 0.15) is 0 Å². The molecule has 4 heteroatoms. The van der Waals surface area contributed by atoms with E-state index in [0.717, 1.165) is 26.1 Å². The minimum Gasteiger partial charge on any atom is -0.479 e. The van der Waals surface area contributed by atoms with Crippen LogP contribution in [0.4, 0.5) is 0 Å². The van der Waals surface area contributed by atoms with Crippen LogP contribution in [-0.4, -0.2) is 47.8 Å². The number of carboxylic acids is 1. The van der Waals surface area contributed by atoms with E-state index in [2.05, 4.69) is 18.7 Å². The highest BCUT2D eigenvalue weighted by Gasteiger charge is 2.34. The summed E-state index contributed by atoms with van der Waals surface area (Å²) in [5.41, 5.74) is 0.511. The number of hydrogen-bond donors (Lipinski definition) is 1. The van der Waals surface area contributed by atoms with Crippen LogP contribution in [0.2, 0.25) is 0 Å². The van der Waals surface area contributed by atoms with Crippen LogP contribution >= 0.6 is 0 Å². The summed E-state index contributed by atoms with van der Waals surface area (Å²) >= 11 is 0. The van der Waals surface area contributed by atoms with Gasteiger partial charge in [0.25, 0.3) is 0 Å². The molecule has 0 radical (unpaired) electrons. The van der Waals surface area contributed by atoms with Crippen molar-refractivity contribution in [2.45, 2.75) is 58.2 Å². The molecule has 1 N–H and O–H groups in total. The van der Waals surface area contributed by atoms with Gasteiger partial charge in [0.15, 0.2) is 6.10 Å². The second-order valence-corrected chi connectivity index (χ2v) is 6.13. The fourth-order valence-electron chi connectivity index (χ4n) is 2.94. The van der Waals surface area contributed by atoms with E-state index >= 15 is 0 Å². The van der Waals surface area contributed by atoms with E-state index in [0.29, 0.717) is 11.8 Å². The third-order valence-electron chi connectivity index (χ3n) is 4.76. The van der Waals surface area contributed by atoms with Crippen LogP contribution in [0.3, 0.4) is 0 Å². The number of piperidine rings is 1. The first-order valence-electron chi connectivity index (χ1n) is 7.13. The number of carboxylic acid groups (broad SMARTS) is 1. The molecule has 0 amide bonds. The average molecular weight is 255 g/mol. The molecule has 2 saturated heterocycles. The first kappa shape index (κ1) is 13.8. The molecule has 2 heterocycles. The number of aliphatic carboxylic acids is 1. The summed E-state index contributed by atoms with van der Waals surface area (Å²) in [6.07, 6.45) is 4.86. The fourth-order valence-corrected chi connectivity index (χ4v) is 2.94. The molecule has 2 rings (SSSR count). The van der Waals surface area contributed by atoms with E-state index < -0.39 is 12.1 Å². The lowest BCUT2D eigenvalue weighted by Gasteiger charge is -2.39. The van der Waals surface area contributed by atoms with Crippen LogP contribution in [-0.2, 0) is 9.53 Å². The van der Waals surface area contributed by atoms with E-state index in [1.165, 1.54) is 19.3 Å². The molecule has 0 spiro atoms. The molecule has 0 aromatic heterocycles. The van der Waals surface area contributed by atoms with Gasteiger partial charge in [-0.15, -0.1) is 0 Å². The molecule has 2 aliphatic rings. The number of carbonyl (C=O) groups is 1. The van der Waals surface area contributed by atoms with Gasteiger partial charge in [0.2, 0.25) is 0 Å². The van der Waals surface area contributed by atoms with Gasteiger partial charge in [-0.1, -0.05) is 20.3 Å². The molecule has 0 aromatic carbocycles. The maximum atomic E-state index is 10.8. The van der Waals surface area contributed by atoms with Crippen molar-refractivity contribution < 1.29 is 14.6 Å². The SMILES string of the molecule is CCC1(C)CCN(C[C@@H]2CC[C@H](C(=O)O)O2)CC1. The minimum atomic E-state index is -0.810. The van der Waals surface area contributed by atoms with Crippen molar-refractivity contribution >= 4 is 5.97 Å². The second-order valence-electron chi connectivity index (χ2n) is 6.13. The van der Waals surface area contributed by atoms with Crippen molar-refractivity contribution in [3.05, 3.63) is 0 Å². The fraction of sp³-hybridized carbons (Fsp3) is 0.929. The second kappa shape index (κ2) is 5.57. The van der Waals surface area contributed by atoms with Gasteiger partial charge in [0.05, 0.1) is 6.10 Å². The first-order valence-corrected chi connectivity index (χ1v) is 7.13. The monoisotopic (exact) mass is 255 g/mol. The topological polar surface area (TPSA) is 49.8 Å². The zero-order chi connectivity index (χ0) is 13.2. The van der Waals surface area contributed by atoms with Crippen LogP contribution in [0.1, 0.15) is 46.0 Å². The summed E-state index contributed by atoms with van der Waals surface area (Å²) in [6.45, 7) is 7.80. The van der Waals surface area contributed by atoms with Crippen LogP contribution in [0, 0.1) is 5.41 Å². The Labute approximate surface area is 109 Å². The Bertz CT molecular complexity index is 297. The van der Waals surface area contributed by atoms with E-state index in [9.17, 15) is 4.79 Å². The van der Waals surface area contributed by atoms with Gasteiger partial charge >= 0.3 is 5.97 Å².